The molecule has 1 aliphatic rings. The van der Waals surface area contributed by atoms with Crippen molar-refractivity contribution in [3.63, 3.8) is 0 Å². The van der Waals surface area contributed by atoms with E-state index in [9.17, 15) is 9.50 Å². The van der Waals surface area contributed by atoms with E-state index in [1.807, 2.05) is 26.8 Å². The molecule has 2 rings (SSSR count). The van der Waals surface area contributed by atoms with Crippen LogP contribution in [0.5, 0.6) is 0 Å². The molecule has 0 radical (unpaired) electrons. The predicted molar refractivity (Wildman–Crippen MR) is 66.1 cm³/mol. The van der Waals surface area contributed by atoms with E-state index in [4.69, 9.17) is 0 Å². The van der Waals surface area contributed by atoms with Gasteiger partial charge in [0.1, 0.15) is 5.82 Å². The summed E-state index contributed by atoms with van der Waals surface area (Å²) in [6, 6.07) is 7.03. The molecule has 2 N–H and O–H groups in total. The molecule has 0 aromatic heterocycles. The number of nitrogens with one attached hydrogen (secondary N) is 1. The standard InChI is InChI=1S/C14H20FNO/c1-9(10-6-4-5-7-11(10)15)16-12-8-13(17)14(12,2)3/h4-7,9,12-13,16-17H,8H2,1-3H3. The van der Waals surface area contributed by atoms with E-state index in [0.29, 0.717) is 5.56 Å². The number of aliphatic hydroxyl groups excluding tert-OH is 1. The summed E-state index contributed by atoms with van der Waals surface area (Å²) >= 11 is 0. The second-order valence-electron chi connectivity index (χ2n) is 5.54. The summed E-state index contributed by atoms with van der Waals surface area (Å²) in [6.45, 7) is 6.03. The van der Waals surface area contributed by atoms with Gasteiger partial charge in [-0.3, -0.25) is 0 Å². The van der Waals surface area contributed by atoms with Crippen LogP contribution in [0.4, 0.5) is 4.39 Å². The van der Waals surface area contributed by atoms with E-state index in [1.165, 1.54) is 6.07 Å². The van der Waals surface area contributed by atoms with Gasteiger partial charge in [-0.2, -0.15) is 0 Å². The second-order valence-corrected chi connectivity index (χ2v) is 5.54. The second kappa shape index (κ2) is 4.39. The van der Waals surface area contributed by atoms with Crippen molar-refractivity contribution < 1.29 is 9.50 Å². The zero-order valence-corrected chi connectivity index (χ0v) is 10.6. The first-order chi connectivity index (χ1) is 7.93. The van der Waals surface area contributed by atoms with Crippen LogP contribution in [0, 0.1) is 11.2 Å². The minimum absolute atomic E-state index is 0.0343. The molecule has 3 unspecified atom stereocenters. The van der Waals surface area contributed by atoms with E-state index < -0.39 is 0 Å². The van der Waals surface area contributed by atoms with Crippen LogP contribution >= 0.6 is 0 Å². The van der Waals surface area contributed by atoms with E-state index >= 15 is 0 Å². The van der Waals surface area contributed by atoms with Gasteiger partial charge >= 0.3 is 0 Å². The van der Waals surface area contributed by atoms with Gasteiger partial charge in [0.05, 0.1) is 6.10 Å². The predicted octanol–water partition coefficient (Wildman–Crippen LogP) is 2.64. The van der Waals surface area contributed by atoms with Crippen molar-refractivity contribution in [3.8, 4) is 0 Å². The Bertz CT molecular complexity index is 405. The summed E-state index contributed by atoms with van der Waals surface area (Å²) < 4.78 is 13.6. The lowest BCUT2D eigenvalue weighted by Crippen LogP contribution is -2.60. The zero-order valence-electron chi connectivity index (χ0n) is 10.6. The number of rotatable bonds is 3. The Kier molecular flexibility index (Phi) is 3.23. The molecule has 0 aliphatic heterocycles. The molecule has 94 valence electrons. The minimum Gasteiger partial charge on any atom is -0.392 e. The third-order valence-electron chi connectivity index (χ3n) is 4.04. The molecule has 1 aliphatic carbocycles. The quantitative estimate of drug-likeness (QED) is 0.847. The first kappa shape index (κ1) is 12.5. The molecule has 0 amide bonds. The lowest BCUT2D eigenvalue weighted by Gasteiger charge is -2.50. The van der Waals surface area contributed by atoms with E-state index in [-0.39, 0.29) is 29.4 Å². The van der Waals surface area contributed by atoms with Gasteiger partial charge in [0.25, 0.3) is 0 Å². The van der Waals surface area contributed by atoms with Crippen molar-refractivity contribution in [2.75, 3.05) is 0 Å². The monoisotopic (exact) mass is 237 g/mol. The van der Waals surface area contributed by atoms with Gasteiger partial charge < -0.3 is 10.4 Å². The number of hydrogen-bond acceptors (Lipinski definition) is 2. The highest BCUT2D eigenvalue weighted by Crippen LogP contribution is 2.41. The van der Waals surface area contributed by atoms with Crippen LogP contribution < -0.4 is 5.32 Å². The van der Waals surface area contributed by atoms with Crippen LogP contribution in [0.2, 0.25) is 0 Å². The Morgan fingerprint density at radius 1 is 1.41 bits per heavy atom. The lowest BCUT2D eigenvalue weighted by atomic mass is 9.64. The topological polar surface area (TPSA) is 32.3 Å². The first-order valence-corrected chi connectivity index (χ1v) is 6.11. The normalized spacial score (nSPS) is 28.5. The third kappa shape index (κ3) is 2.22. The number of aliphatic hydroxyl groups is 1. The van der Waals surface area contributed by atoms with Crippen molar-refractivity contribution in [2.24, 2.45) is 5.41 Å². The summed E-state index contributed by atoms with van der Waals surface area (Å²) in [7, 11) is 0. The van der Waals surface area contributed by atoms with Crippen LogP contribution in [-0.2, 0) is 0 Å². The average molecular weight is 237 g/mol. The zero-order chi connectivity index (χ0) is 12.6. The van der Waals surface area contributed by atoms with Gasteiger partial charge in [-0.25, -0.2) is 4.39 Å². The Morgan fingerprint density at radius 2 is 2.06 bits per heavy atom. The van der Waals surface area contributed by atoms with E-state index in [2.05, 4.69) is 5.32 Å². The molecule has 0 spiro atoms. The summed E-state index contributed by atoms with van der Waals surface area (Å²) in [5, 5.41) is 13.1. The maximum Gasteiger partial charge on any atom is 0.127 e. The Labute approximate surface area is 102 Å². The largest absolute Gasteiger partial charge is 0.392 e. The first-order valence-electron chi connectivity index (χ1n) is 6.11. The number of hydrogen-bond donors (Lipinski definition) is 2. The summed E-state index contributed by atoms with van der Waals surface area (Å²) in [6.07, 6.45) is 0.485. The van der Waals surface area contributed by atoms with Crippen molar-refractivity contribution in [3.05, 3.63) is 35.6 Å². The Hall–Kier alpha value is -0.930. The van der Waals surface area contributed by atoms with Crippen LogP contribution in [0.25, 0.3) is 0 Å². The van der Waals surface area contributed by atoms with Gasteiger partial charge in [0.2, 0.25) is 0 Å². The molecule has 1 aromatic rings. The van der Waals surface area contributed by atoms with E-state index in [0.717, 1.165) is 6.42 Å². The van der Waals surface area contributed by atoms with Crippen molar-refractivity contribution in [1.82, 2.24) is 5.32 Å². The molecule has 3 heteroatoms. The highest BCUT2D eigenvalue weighted by Gasteiger charge is 2.47. The lowest BCUT2D eigenvalue weighted by molar-refractivity contribution is -0.0755. The smallest absolute Gasteiger partial charge is 0.127 e. The summed E-state index contributed by atoms with van der Waals surface area (Å²) in [5.41, 5.74) is 0.559. The minimum atomic E-state index is -0.257. The third-order valence-corrected chi connectivity index (χ3v) is 4.04. The summed E-state index contributed by atoms with van der Waals surface area (Å²) in [5.74, 6) is -0.176. The maximum atomic E-state index is 13.6. The van der Waals surface area contributed by atoms with Crippen LogP contribution in [0.3, 0.4) is 0 Å². The molecule has 1 saturated carbocycles. The molecular formula is C14H20FNO. The SMILES string of the molecule is CC(NC1CC(O)C1(C)C)c1ccccc1F. The highest BCUT2D eigenvalue weighted by molar-refractivity contribution is 5.21. The average Bonchev–Trinajstić information content (AvgIpc) is 2.29. The fourth-order valence-electron chi connectivity index (χ4n) is 2.40. The van der Waals surface area contributed by atoms with Crippen molar-refractivity contribution in [2.45, 2.75) is 45.4 Å². The molecule has 0 heterocycles. The van der Waals surface area contributed by atoms with Crippen LogP contribution in [-0.4, -0.2) is 17.3 Å². The molecule has 17 heavy (non-hydrogen) atoms. The maximum absolute atomic E-state index is 13.6. The Balaban J connectivity index is 2.04. The fraction of sp³-hybridized carbons (Fsp3) is 0.571. The highest BCUT2D eigenvalue weighted by atomic mass is 19.1. The van der Waals surface area contributed by atoms with Gasteiger partial charge in [-0.1, -0.05) is 32.0 Å². The van der Waals surface area contributed by atoms with Crippen molar-refractivity contribution in [1.29, 1.82) is 0 Å². The summed E-state index contributed by atoms with van der Waals surface area (Å²) in [4.78, 5) is 0. The molecular weight excluding hydrogens is 217 g/mol. The number of benzene rings is 1. The van der Waals surface area contributed by atoms with Gasteiger partial charge in [-0.15, -0.1) is 0 Å². The molecule has 0 bridgehead atoms. The van der Waals surface area contributed by atoms with E-state index in [1.54, 1.807) is 12.1 Å². The van der Waals surface area contributed by atoms with Crippen LogP contribution in [0.1, 0.15) is 38.8 Å². The Morgan fingerprint density at radius 3 is 2.59 bits per heavy atom. The molecule has 1 aromatic carbocycles. The molecule has 0 saturated heterocycles. The molecule has 2 nitrogen and oxygen atoms in total. The fourth-order valence-corrected chi connectivity index (χ4v) is 2.40. The van der Waals surface area contributed by atoms with Gasteiger partial charge in [0.15, 0.2) is 0 Å². The number of halogens is 1. The molecule has 1 fully saturated rings. The molecule has 3 atom stereocenters. The van der Waals surface area contributed by atoms with Crippen LogP contribution in [0.15, 0.2) is 24.3 Å². The van der Waals surface area contributed by atoms with Gasteiger partial charge in [0, 0.05) is 23.1 Å². The van der Waals surface area contributed by atoms with Crippen molar-refractivity contribution >= 4 is 0 Å². The van der Waals surface area contributed by atoms with Gasteiger partial charge in [-0.05, 0) is 19.4 Å².